The fourth-order valence-corrected chi connectivity index (χ4v) is 3.62. The van der Waals surface area contributed by atoms with E-state index in [1.807, 2.05) is 25.1 Å². The van der Waals surface area contributed by atoms with Crippen molar-refractivity contribution < 1.29 is 17.6 Å². The number of hydrogen-bond donors (Lipinski definition) is 0. The first-order chi connectivity index (χ1) is 13.4. The van der Waals surface area contributed by atoms with E-state index < -0.39 is 11.7 Å². The van der Waals surface area contributed by atoms with Crippen molar-refractivity contribution in [1.29, 1.82) is 0 Å². The van der Waals surface area contributed by atoms with Crippen molar-refractivity contribution in [3.63, 3.8) is 0 Å². The smallest absolute Gasteiger partial charge is 0.416 e. The van der Waals surface area contributed by atoms with Gasteiger partial charge in [-0.1, -0.05) is 59.8 Å². The standard InChI is InChI=1S/C22H16F3NOS/c1-14-2-6-16(7-3-14)17-8-11-20-19(12-17)26-21(27-20)28-13-15-4-9-18(10-5-15)22(23,24)25/h2-12H,13H2,1H3. The van der Waals surface area contributed by atoms with E-state index in [0.29, 0.717) is 16.6 Å². The maximum Gasteiger partial charge on any atom is 0.416 e. The Morgan fingerprint density at radius 3 is 2.25 bits per heavy atom. The molecule has 0 saturated carbocycles. The molecule has 142 valence electrons. The topological polar surface area (TPSA) is 26.0 Å². The number of fused-ring (bicyclic) bond motifs is 1. The summed E-state index contributed by atoms with van der Waals surface area (Å²) in [5.41, 5.74) is 4.94. The summed E-state index contributed by atoms with van der Waals surface area (Å²) in [4.78, 5) is 4.50. The van der Waals surface area contributed by atoms with Gasteiger partial charge in [-0.15, -0.1) is 0 Å². The van der Waals surface area contributed by atoms with Crippen LogP contribution in [0, 0.1) is 6.92 Å². The summed E-state index contributed by atoms with van der Waals surface area (Å²) in [5, 5.41) is 0.496. The third-order valence-corrected chi connectivity index (χ3v) is 5.30. The van der Waals surface area contributed by atoms with Gasteiger partial charge in [0.05, 0.1) is 5.56 Å². The van der Waals surface area contributed by atoms with Gasteiger partial charge in [-0.25, -0.2) is 4.98 Å². The van der Waals surface area contributed by atoms with Gasteiger partial charge in [0.2, 0.25) is 0 Å². The molecule has 1 heterocycles. The minimum absolute atomic E-state index is 0.482. The molecule has 0 atom stereocenters. The Morgan fingerprint density at radius 2 is 1.57 bits per heavy atom. The first kappa shape index (κ1) is 18.6. The molecule has 0 aliphatic rings. The van der Waals surface area contributed by atoms with Gasteiger partial charge in [-0.3, -0.25) is 0 Å². The minimum Gasteiger partial charge on any atom is -0.431 e. The predicted octanol–water partition coefficient (Wildman–Crippen LogP) is 7.11. The quantitative estimate of drug-likeness (QED) is 0.342. The van der Waals surface area contributed by atoms with Crippen LogP contribution in [0.15, 0.2) is 76.4 Å². The van der Waals surface area contributed by atoms with E-state index in [-0.39, 0.29) is 0 Å². The Morgan fingerprint density at radius 1 is 0.893 bits per heavy atom. The maximum atomic E-state index is 12.6. The number of benzene rings is 3. The van der Waals surface area contributed by atoms with E-state index in [2.05, 4.69) is 29.2 Å². The summed E-state index contributed by atoms with van der Waals surface area (Å²) in [6.45, 7) is 2.05. The SMILES string of the molecule is Cc1ccc(-c2ccc3oc(SCc4ccc(C(F)(F)F)cc4)nc3c2)cc1. The van der Waals surface area contributed by atoms with Crippen LogP contribution in [0.1, 0.15) is 16.7 Å². The second-order valence-corrected chi connectivity index (χ2v) is 7.44. The maximum absolute atomic E-state index is 12.6. The van der Waals surface area contributed by atoms with Crippen LogP contribution < -0.4 is 0 Å². The molecule has 0 aliphatic heterocycles. The monoisotopic (exact) mass is 399 g/mol. The van der Waals surface area contributed by atoms with Crippen LogP contribution in [-0.4, -0.2) is 4.98 Å². The fraction of sp³-hybridized carbons (Fsp3) is 0.136. The number of thioether (sulfide) groups is 1. The molecule has 0 fully saturated rings. The lowest BCUT2D eigenvalue weighted by Gasteiger charge is -2.06. The lowest BCUT2D eigenvalue weighted by Crippen LogP contribution is -2.04. The van der Waals surface area contributed by atoms with Gasteiger partial charge in [0.25, 0.3) is 5.22 Å². The molecule has 0 bridgehead atoms. The van der Waals surface area contributed by atoms with Gasteiger partial charge < -0.3 is 4.42 Å². The van der Waals surface area contributed by atoms with Crippen molar-refractivity contribution in [2.75, 3.05) is 0 Å². The average Bonchev–Trinajstić information content (AvgIpc) is 3.09. The predicted molar refractivity (Wildman–Crippen MR) is 105 cm³/mol. The number of halogens is 3. The zero-order chi connectivity index (χ0) is 19.7. The second-order valence-electron chi connectivity index (χ2n) is 6.51. The van der Waals surface area contributed by atoms with Gasteiger partial charge >= 0.3 is 6.18 Å². The van der Waals surface area contributed by atoms with Gasteiger partial charge in [-0.05, 0) is 47.9 Å². The third kappa shape index (κ3) is 4.07. The number of oxazole rings is 1. The van der Waals surface area contributed by atoms with Crippen molar-refractivity contribution in [3.8, 4) is 11.1 Å². The number of hydrogen-bond acceptors (Lipinski definition) is 3. The van der Waals surface area contributed by atoms with E-state index in [4.69, 9.17) is 4.42 Å². The molecule has 0 aliphatic carbocycles. The average molecular weight is 399 g/mol. The van der Waals surface area contributed by atoms with E-state index in [9.17, 15) is 13.2 Å². The largest absolute Gasteiger partial charge is 0.431 e. The molecule has 4 aromatic rings. The van der Waals surface area contributed by atoms with Gasteiger partial charge in [0.1, 0.15) is 5.52 Å². The zero-order valence-corrected chi connectivity index (χ0v) is 15.8. The van der Waals surface area contributed by atoms with Gasteiger partial charge in [0, 0.05) is 5.75 Å². The van der Waals surface area contributed by atoms with E-state index in [0.717, 1.165) is 34.3 Å². The molecule has 0 unspecified atom stereocenters. The summed E-state index contributed by atoms with van der Waals surface area (Å²) < 4.78 is 43.6. The number of alkyl halides is 3. The zero-order valence-electron chi connectivity index (χ0n) is 15.0. The minimum atomic E-state index is -4.32. The normalized spacial score (nSPS) is 11.9. The number of rotatable bonds is 4. The highest BCUT2D eigenvalue weighted by Crippen LogP contribution is 2.32. The van der Waals surface area contributed by atoms with Crippen molar-refractivity contribution in [1.82, 2.24) is 4.98 Å². The molecule has 28 heavy (non-hydrogen) atoms. The van der Waals surface area contributed by atoms with E-state index in [1.54, 1.807) is 0 Å². The van der Waals surface area contributed by atoms with Crippen molar-refractivity contribution >= 4 is 22.9 Å². The summed E-state index contributed by atoms with van der Waals surface area (Å²) in [5.74, 6) is 0.482. The highest BCUT2D eigenvalue weighted by molar-refractivity contribution is 7.98. The van der Waals surface area contributed by atoms with Crippen LogP contribution in [0.5, 0.6) is 0 Å². The molecule has 0 N–H and O–H groups in total. The van der Waals surface area contributed by atoms with Crippen LogP contribution in [0.4, 0.5) is 13.2 Å². The molecule has 0 amide bonds. The first-order valence-electron chi connectivity index (χ1n) is 8.65. The molecular weight excluding hydrogens is 383 g/mol. The molecular formula is C22H16F3NOS. The lowest BCUT2D eigenvalue weighted by atomic mass is 10.0. The molecule has 1 aromatic heterocycles. The third-order valence-electron chi connectivity index (χ3n) is 4.40. The van der Waals surface area contributed by atoms with E-state index in [1.165, 1.54) is 29.5 Å². The highest BCUT2D eigenvalue weighted by Gasteiger charge is 2.29. The van der Waals surface area contributed by atoms with Crippen LogP contribution in [0.3, 0.4) is 0 Å². The Labute approximate surface area is 164 Å². The molecule has 2 nitrogen and oxygen atoms in total. The Kier molecular flexibility index (Phi) is 4.89. The summed E-state index contributed by atoms with van der Waals surface area (Å²) in [6.07, 6.45) is -4.32. The molecule has 0 spiro atoms. The van der Waals surface area contributed by atoms with Crippen LogP contribution in [0.25, 0.3) is 22.2 Å². The van der Waals surface area contributed by atoms with E-state index >= 15 is 0 Å². The van der Waals surface area contributed by atoms with Gasteiger partial charge in [0.15, 0.2) is 5.58 Å². The first-order valence-corrected chi connectivity index (χ1v) is 9.64. The Hall–Kier alpha value is -2.73. The summed E-state index contributed by atoms with van der Waals surface area (Å²) >= 11 is 1.36. The number of aryl methyl sites for hydroxylation is 1. The molecule has 0 radical (unpaired) electrons. The molecule has 4 rings (SSSR count). The Bertz CT molecular complexity index is 1100. The molecule has 3 aromatic carbocycles. The summed E-state index contributed by atoms with van der Waals surface area (Å²) in [6, 6.07) is 19.3. The van der Waals surface area contributed by atoms with Crippen molar-refractivity contribution in [2.45, 2.75) is 24.1 Å². The van der Waals surface area contributed by atoms with Crippen molar-refractivity contribution in [2.24, 2.45) is 0 Å². The number of aromatic nitrogens is 1. The number of nitrogens with zero attached hydrogens (tertiary/aromatic N) is 1. The van der Waals surface area contributed by atoms with Crippen molar-refractivity contribution in [3.05, 3.63) is 83.4 Å². The fourth-order valence-electron chi connectivity index (χ4n) is 2.83. The Balaban J connectivity index is 1.49. The highest BCUT2D eigenvalue weighted by atomic mass is 32.2. The van der Waals surface area contributed by atoms with Crippen LogP contribution in [0.2, 0.25) is 0 Å². The summed E-state index contributed by atoms with van der Waals surface area (Å²) in [7, 11) is 0. The van der Waals surface area contributed by atoms with Gasteiger partial charge in [-0.2, -0.15) is 13.2 Å². The second kappa shape index (κ2) is 7.36. The van der Waals surface area contributed by atoms with Crippen LogP contribution >= 0.6 is 11.8 Å². The van der Waals surface area contributed by atoms with Crippen LogP contribution in [-0.2, 0) is 11.9 Å². The molecule has 0 saturated heterocycles. The molecule has 6 heteroatoms. The lowest BCUT2D eigenvalue weighted by molar-refractivity contribution is -0.137.